The largest absolute Gasteiger partial charge is 0.363 e. The number of piperidine rings is 1. The number of hydrogen-bond acceptors (Lipinski definition) is 2. The summed E-state index contributed by atoms with van der Waals surface area (Å²) in [4.78, 5) is 1.95. The molecular formula is C7H15N3. The Labute approximate surface area is 61.7 Å². The minimum Gasteiger partial charge on any atom is -0.363 e. The maximum atomic E-state index is 7.50. The summed E-state index contributed by atoms with van der Waals surface area (Å²) < 4.78 is 0. The quantitative estimate of drug-likeness (QED) is 0.513. The first kappa shape index (κ1) is 7.54. The third-order valence-corrected chi connectivity index (χ3v) is 2.05. The highest BCUT2D eigenvalue weighted by Crippen LogP contribution is 2.18. The molecular weight excluding hydrogens is 126 g/mol. The fourth-order valence-electron chi connectivity index (χ4n) is 1.16. The van der Waals surface area contributed by atoms with Gasteiger partial charge in [-0.15, -0.1) is 0 Å². The Hall–Kier alpha value is -0.570. The van der Waals surface area contributed by atoms with Gasteiger partial charge in [-0.25, -0.2) is 0 Å². The third kappa shape index (κ3) is 1.48. The van der Waals surface area contributed by atoms with Crippen LogP contribution in [0.5, 0.6) is 0 Å². The van der Waals surface area contributed by atoms with E-state index in [1.807, 2.05) is 18.9 Å². The van der Waals surface area contributed by atoms with Crippen LogP contribution in [0.25, 0.3) is 0 Å². The highest BCUT2D eigenvalue weighted by atomic mass is 15.2. The maximum absolute atomic E-state index is 7.50. The van der Waals surface area contributed by atoms with Crippen molar-refractivity contribution in [2.45, 2.75) is 25.3 Å². The fraction of sp³-hybridized carbons (Fsp3) is 0.857. The van der Waals surface area contributed by atoms with Gasteiger partial charge < -0.3 is 10.6 Å². The number of nitrogens with zero attached hydrogens (tertiary/aromatic N) is 1. The molecule has 1 heterocycles. The lowest BCUT2D eigenvalue weighted by molar-refractivity contribution is 0.323. The third-order valence-electron chi connectivity index (χ3n) is 2.05. The Kier molecular flexibility index (Phi) is 1.68. The number of likely N-dealkylation sites (tertiary alicyclic amines) is 1. The van der Waals surface area contributed by atoms with Crippen molar-refractivity contribution in [1.29, 1.82) is 5.41 Å². The minimum absolute atomic E-state index is 0.135. The van der Waals surface area contributed by atoms with E-state index >= 15 is 0 Å². The molecule has 0 aromatic heterocycles. The summed E-state index contributed by atoms with van der Waals surface area (Å²) in [5, 5.41) is 7.50. The molecule has 1 aliphatic heterocycles. The number of amidine groups is 1. The zero-order valence-corrected chi connectivity index (χ0v) is 6.65. The molecule has 1 atom stereocenters. The molecule has 1 unspecified atom stereocenters. The molecule has 1 rings (SSSR count). The molecule has 10 heavy (non-hydrogen) atoms. The van der Waals surface area contributed by atoms with Gasteiger partial charge in [0.15, 0.2) is 0 Å². The smallest absolute Gasteiger partial charge is 0.0973 e. The molecule has 0 spiro atoms. The second-order valence-corrected chi connectivity index (χ2v) is 3.45. The van der Waals surface area contributed by atoms with Gasteiger partial charge in [0.25, 0.3) is 0 Å². The van der Waals surface area contributed by atoms with Crippen molar-refractivity contribution in [3.05, 3.63) is 0 Å². The Balaban J connectivity index is 2.57. The van der Waals surface area contributed by atoms with Crippen molar-refractivity contribution in [3.8, 4) is 0 Å². The molecule has 0 aromatic rings. The topological polar surface area (TPSA) is 53.1 Å². The van der Waals surface area contributed by atoms with Crippen LogP contribution in [0.1, 0.15) is 19.8 Å². The van der Waals surface area contributed by atoms with Gasteiger partial charge in [0.05, 0.1) is 5.84 Å². The van der Waals surface area contributed by atoms with Crippen LogP contribution in [0, 0.1) is 5.41 Å². The van der Waals surface area contributed by atoms with Crippen molar-refractivity contribution < 1.29 is 0 Å². The second kappa shape index (κ2) is 2.23. The summed E-state index contributed by atoms with van der Waals surface area (Å²) in [5.41, 5.74) is 5.73. The Bertz CT molecular complexity index is 151. The van der Waals surface area contributed by atoms with E-state index in [2.05, 4.69) is 0 Å². The maximum Gasteiger partial charge on any atom is 0.0973 e. The summed E-state index contributed by atoms with van der Waals surface area (Å²) in [5.74, 6) is 0.663. The molecule has 3 nitrogen and oxygen atoms in total. The van der Waals surface area contributed by atoms with Gasteiger partial charge in [0.2, 0.25) is 0 Å². The van der Waals surface area contributed by atoms with Crippen molar-refractivity contribution in [3.63, 3.8) is 0 Å². The Morgan fingerprint density at radius 3 is 2.70 bits per heavy atom. The normalized spacial score (nSPS) is 34.7. The van der Waals surface area contributed by atoms with Crippen molar-refractivity contribution in [1.82, 2.24) is 4.90 Å². The zero-order chi connectivity index (χ0) is 7.78. The van der Waals surface area contributed by atoms with Gasteiger partial charge in [-0.3, -0.25) is 5.41 Å². The van der Waals surface area contributed by atoms with Gasteiger partial charge in [0.1, 0.15) is 0 Å². The molecule has 0 amide bonds. The van der Waals surface area contributed by atoms with Crippen LogP contribution in [0.15, 0.2) is 0 Å². The highest BCUT2D eigenvalue weighted by Gasteiger charge is 2.27. The molecule has 1 fully saturated rings. The molecule has 0 aromatic carbocycles. The summed E-state index contributed by atoms with van der Waals surface area (Å²) in [6.45, 7) is 2.93. The molecule has 1 aliphatic rings. The van der Waals surface area contributed by atoms with Crippen molar-refractivity contribution in [2.24, 2.45) is 5.73 Å². The second-order valence-electron chi connectivity index (χ2n) is 3.45. The van der Waals surface area contributed by atoms with Crippen molar-refractivity contribution in [2.75, 3.05) is 13.6 Å². The van der Waals surface area contributed by atoms with E-state index in [4.69, 9.17) is 11.1 Å². The zero-order valence-electron chi connectivity index (χ0n) is 6.65. The first-order valence-corrected chi connectivity index (χ1v) is 3.59. The molecule has 0 bridgehead atoms. The van der Waals surface area contributed by atoms with Crippen molar-refractivity contribution >= 4 is 5.84 Å². The van der Waals surface area contributed by atoms with E-state index in [0.29, 0.717) is 12.3 Å². The van der Waals surface area contributed by atoms with E-state index in [9.17, 15) is 0 Å². The first-order chi connectivity index (χ1) is 4.51. The summed E-state index contributed by atoms with van der Waals surface area (Å²) >= 11 is 0. The summed E-state index contributed by atoms with van der Waals surface area (Å²) in [7, 11) is 1.94. The lowest BCUT2D eigenvalue weighted by Crippen LogP contribution is -2.49. The van der Waals surface area contributed by atoms with Gasteiger partial charge >= 0.3 is 0 Å². The van der Waals surface area contributed by atoms with E-state index in [0.717, 1.165) is 13.0 Å². The molecule has 3 heteroatoms. The van der Waals surface area contributed by atoms with Crippen LogP contribution in [-0.4, -0.2) is 29.9 Å². The number of rotatable bonds is 0. The Morgan fingerprint density at radius 2 is 2.30 bits per heavy atom. The van der Waals surface area contributed by atoms with Crippen LogP contribution in [0.2, 0.25) is 0 Å². The average Bonchev–Trinajstić information content (AvgIpc) is 1.79. The van der Waals surface area contributed by atoms with Crippen LogP contribution in [0.4, 0.5) is 0 Å². The SMILES string of the molecule is CN1CCC(C)(N)CC1=N. The average molecular weight is 141 g/mol. The molecule has 58 valence electrons. The lowest BCUT2D eigenvalue weighted by atomic mass is 9.90. The molecule has 0 saturated carbocycles. The van der Waals surface area contributed by atoms with E-state index in [1.165, 1.54) is 0 Å². The summed E-state index contributed by atoms with van der Waals surface area (Å²) in [6.07, 6.45) is 1.70. The standard InChI is InChI=1S/C7H15N3/c1-7(9)3-4-10(2)6(8)5-7/h8H,3-5,9H2,1-2H3. The first-order valence-electron chi connectivity index (χ1n) is 3.59. The summed E-state index contributed by atoms with van der Waals surface area (Å²) in [6, 6.07) is 0. The van der Waals surface area contributed by atoms with Crippen LogP contribution < -0.4 is 5.73 Å². The fourth-order valence-corrected chi connectivity index (χ4v) is 1.16. The highest BCUT2D eigenvalue weighted by molar-refractivity contribution is 5.80. The predicted octanol–water partition coefficient (Wildman–Crippen LogP) is 0.407. The minimum atomic E-state index is -0.135. The lowest BCUT2D eigenvalue weighted by Gasteiger charge is -2.36. The van der Waals surface area contributed by atoms with Gasteiger partial charge in [0, 0.05) is 25.6 Å². The molecule has 3 N–H and O–H groups in total. The van der Waals surface area contributed by atoms with Crippen LogP contribution in [-0.2, 0) is 0 Å². The number of nitrogens with one attached hydrogen (secondary N) is 1. The predicted molar refractivity (Wildman–Crippen MR) is 42.2 cm³/mol. The van der Waals surface area contributed by atoms with E-state index in [-0.39, 0.29) is 5.54 Å². The number of nitrogens with two attached hydrogens (primary N) is 1. The van der Waals surface area contributed by atoms with E-state index < -0.39 is 0 Å². The van der Waals surface area contributed by atoms with Gasteiger partial charge in [-0.1, -0.05) is 0 Å². The van der Waals surface area contributed by atoms with E-state index in [1.54, 1.807) is 0 Å². The van der Waals surface area contributed by atoms with Gasteiger partial charge in [-0.05, 0) is 13.3 Å². The molecule has 0 radical (unpaired) electrons. The molecule has 0 aliphatic carbocycles. The number of hydrogen-bond donors (Lipinski definition) is 2. The van der Waals surface area contributed by atoms with Crippen LogP contribution in [0.3, 0.4) is 0 Å². The van der Waals surface area contributed by atoms with Crippen LogP contribution >= 0.6 is 0 Å². The monoisotopic (exact) mass is 141 g/mol. The van der Waals surface area contributed by atoms with Gasteiger partial charge in [-0.2, -0.15) is 0 Å². The Morgan fingerprint density at radius 1 is 1.70 bits per heavy atom. The molecule has 1 saturated heterocycles.